The molecule has 122 valence electrons. The van der Waals surface area contributed by atoms with Gasteiger partial charge in [0.15, 0.2) is 5.78 Å². The van der Waals surface area contributed by atoms with Gasteiger partial charge < -0.3 is 19.5 Å². The van der Waals surface area contributed by atoms with Gasteiger partial charge in [0.05, 0.1) is 13.2 Å². The second-order valence-corrected chi connectivity index (χ2v) is 5.59. The van der Waals surface area contributed by atoms with Crippen molar-refractivity contribution in [3.63, 3.8) is 0 Å². The highest BCUT2D eigenvalue weighted by atomic mass is 16.6. The normalized spacial score (nSPS) is 10.7. The fraction of sp³-hybridized carbons (Fsp3) is 0.500. The average Bonchev–Trinajstić information content (AvgIpc) is 2.43. The van der Waals surface area contributed by atoms with Gasteiger partial charge in [0.1, 0.15) is 23.7 Å². The molecule has 1 rings (SSSR count). The monoisotopic (exact) mass is 309 g/mol. The predicted molar refractivity (Wildman–Crippen MR) is 82.3 cm³/mol. The SMILES string of the molecule is CCOc1ccc(OCC(=O)CNC(=O)OC(C)(C)C)cc1. The van der Waals surface area contributed by atoms with Gasteiger partial charge in [-0.15, -0.1) is 0 Å². The molecule has 1 N–H and O–H groups in total. The lowest BCUT2D eigenvalue weighted by molar-refractivity contribution is -0.120. The number of benzene rings is 1. The Kier molecular flexibility index (Phi) is 6.69. The lowest BCUT2D eigenvalue weighted by atomic mass is 10.2. The van der Waals surface area contributed by atoms with Crippen LogP contribution in [0.1, 0.15) is 27.7 Å². The van der Waals surface area contributed by atoms with E-state index in [0.717, 1.165) is 5.75 Å². The first-order chi connectivity index (χ1) is 10.3. The molecule has 1 aromatic rings. The molecular weight excluding hydrogens is 286 g/mol. The number of hydrogen-bond acceptors (Lipinski definition) is 5. The summed E-state index contributed by atoms with van der Waals surface area (Å²) in [4.78, 5) is 23.0. The number of carbonyl (C=O) groups is 2. The van der Waals surface area contributed by atoms with Crippen LogP contribution in [0.4, 0.5) is 4.79 Å². The maximum absolute atomic E-state index is 11.6. The zero-order chi connectivity index (χ0) is 16.6. The second-order valence-electron chi connectivity index (χ2n) is 5.59. The van der Waals surface area contributed by atoms with Gasteiger partial charge in [-0.05, 0) is 52.0 Å². The summed E-state index contributed by atoms with van der Waals surface area (Å²) in [5.41, 5.74) is -0.591. The Balaban J connectivity index is 2.29. The Labute approximate surface area is 130 Å². The molecule has 0 aromatic heterocycles. The summed E-state index contributed by atoms with van der Waals surface area (Å²) in [6.07, 6.45) is -0.623. The molecule has 6 nitrogen and oxygen atoms in total. The highest BCUT2D eigenvalue weighted by molar-refractivity contribution is 5.85. The molecule has 0 bridgehead atoms. The molecule has 0 aliphatic rings. The third-order valence-corrected chi connectivity index (χ3v) is 2.36. The molecule has 0 unspecified atom stereocenters. The average molecular weight is 309 g/mol. The van der Waals surface area contributed by atoms with Crippen molar-refractivity contribution in [1.82, 2.24) is 5.32 Å². The lowest BCUT2D eigenvalue weighted by Gasteiger charge is -2.19. The van der Waals surface area contributed by atoms with E-state index in [4.69, 9.17) is 14.2 Å². The van der Waals surface area contributed by atoms with Crippen LogP contribution in [-0.2, 0) is 9.53 Å². The van der Waals surface area contributed by atoms with E-state index in [1.165, 1.54) is 0 Å². The van der Waals surface area contributed by atoms with Crippen LogP contribution in [0.5, 0.6) is 11.5 Å². The molecule has 0 aliphatic heterocycles. The summed E-state index contributed by atoms with van der Waals surface area (Å²) >= 11 is 0. The molecule has 0 heterocycles. The van der Waals surface area contributed by atoms with Crippen LogP contribution in [0.25, 0.3) is 0 Å². The first-order valence-corrected chi connectivity index (χ1v) is 7.14. The van der Waals surface area contributed by atoms with Gasteiger partial charge in [0.25, 0.3) is 0 Å². The van der Waals surface area contributed by atoms with E-state index in [-0.39, 0.29) is 18.9 Å². The van der Waals surface area contributed by atoms with E-state index in [9.17, 15) is 9.59 Å². The number of amides is 1. The zero-order valence-electron chi connectivity index (χ0n) is 13.5. The number of carbonyl (C=O) groups excluding carboxylic acids is 2. The Morgan fingerprint density at radius 2 is 1.59 bits per heavy atom. The topological polar surface area (TPSA) is 73.9 Å². The Hall–Kier alpha value is -2.24. The van der Waals surface area contributed by atoms with Crippen LogP contribution < -0.4 is 14.8 Å². The minimum Gasteiger partial charge on any atom is -0.494 e. The van der Waals surface area contributed by atoms with Crippen LogP contribution >= 0.6 is 0 Å². The van der Waals surface area contributed by atoms with Crippen LogP contribution in [-0.4, -0.2) is 37.2 Å². The molecule has 0 atom stereocenters. The lowest BCUT2D eigenvalue weighted by Crippen LogP contribution is -2.36. The number of nitrogens with one attached hydrogen (secondary N) is 1. The summed E-state index contributed by atoms with van der Waals surface area (Å²) in [7, 11) is 0. The predicted octanol–water partition coefficient (Wildman–Crippen LogP) is 2.56. The minimum atomic E-state index is -0.623. The first-order valence-electron chi connectivity index (χ1n) is 7.14. The minimum absolute atomic E-state index is 0.121. The third kappa shape index (κ3) is 7.52. The number of ether oxygens (including phenoxy) is 3. The van der Waals surface area contributed by atoms with E-state index < -0.39 is 11.7 Å². The number of alkyl carbamates (subject to hydrolysis) is 1. The van der Waals surface area contributed by atoms with Crippen molar-refractivity contribution in [3.8, 4) is 11.5 Å². The molecule has 22 heavy (non-hydrogen) atoms. The van der Waals surface area contributed by atoms with Crippen molar-refractivity contribution in [2.45, 2.75) is 33.3 Å². The molecule has 6 heteroatoms. The standard InChI is InChI=1S/C16H23NO5/c1-5-20-13-6-8-14(9-7-13)21-11-12(18)10-17-15(19)22-16(2,3)4/h6-9H,5,10-11H2,1-4H3,(H,17,19). The summed E-state index contributed by atoms with van der Waals surface area (Å²) in [5, 5.41) is 2.39. The van der Waals surface area contributed by atoms with Gasteiger partial charge in [-0.25, -0.2) is 4.79 Å². The van der Waals surface area contributed by atoms with Crippen molar-refractivity contribution in [3.05, 3.63) is 24.3 Å². The van der Waals surface area contributed by atoms with Gasteiger partial charge in [0, 0.05) is 0 Å². The van der Waals surface area contributed by atoms with Crippen molar-refractivity contribution < 1.29 is 23.8 Å². The fourth-order valence-electron chi connectivity index (χ4n) is 1.50. The molecule has 0 saturated carbocycles. The van der Waals surface area contributed by atoms with E-state index in [1.54, 1.807) is 45.0 Å². The van der Waals surface area contributed by atoms with E-state index in [0.29, 0.717) is 12.4 Å². The summed E-state index contributed by atoms with van der Waals surface area (Å²) in [5.74, 6) is 1.06. The zero-order valence-corrected chi connectivity index (χ0v) is 13.5. The third-order valence-electron chi connectivity index (χ3n) is 2.36. The van der Waals surface area contributed by atoms with Crippen LogP contribution in [0.15, 0.2) is 24.3 Å². The van der Waals surface area contributed by atoms with Crippen molar-refractivity contribution >= 4 is 11.9 Å². The molecule has 0 saturated heterocycles. The Bertz CT molecular complexity index is 490. The highest BCUT2D eigenvalue weighted by Crippen LogP contribution is 2.17. The largest absolute Gasteiger partial charge is 0.494 e. The van der Waals surface area contributed by atoms with Gasteiger partial charge in [-0.3, -0.25) is 4.79 Å². The summed E-state index contributed by atoms with van der Waals surface area (Å²) in [6.45, 7) is 7.50. The van der Waals surface area contributed by atoms with E-state index in [2.05, 4.69) is 5.32 Å². The molecule has 0 radical (unpaired) electrons. The molecule has 1 aromatic carbocycles. The number of ketones is 1. The van der Waals surface area contributed by atoms with Crippen LogP contribution in [0.2, 0.25) is 0 Å². The Morgan fingerprint density at radius 1 is 1.05 bits per heavy atom. The summed E-state index contributed by atoms with van der Waals surface area (Å²) < 4.78 is 15.7. The van der Waals surface area contributed by atoms with Crippen molar-refractivity contribution in [1.29, 1.82) is 0 Å². The molecule has 0 aliphatic carbocycles. The van der Waals surface area contributed by atoms with Crippen LogP contribution in [0.3, 0.4) is 0 Å². The highest BCUT2D eigenvalue weighted by Gasteiger charge is 2.16. The fourth-order valence-corrected chi connectivity index (χ4v) is 1.50. The second kappa shape index (κ2) is 8.26. The quantitative estimate of drug-likeness (QED) is 0.838. The Morgan fingerprint density at radius 3 is 2.09 bits per heavy atom. The summed E-state index contributed by atoms with van der Waals surface area (Å²) in [6, 6.07) is 6.98. The van der Waals surface area contributed by atoms with Crippen LogP contribution in [0, 0.1) is 0 Å². The number of hydrogen-bond donors (Lipinski definition) is 1. The van der Waals surface area contributed by atoms with Gasteiger partial charge >= 0.3 is 6.09 Å². The molecular formula is C16H23NO5. The molecule has 0 spiro atoms. The molecule has 1 amide bonds. The maximum Gasteiger partial charge on any atom is 0.408 e. The van der Waals surface area contributed by atoms with Gasteiger partial charge in [-0.2, -0.15) is 0 Å². The van der Waals surface area contributed by atoms with Crippen molar-refractivity contribution in [2.24, 2.45) is 0 Å². The van der Waals surface area contributed by atoms with E-state index in [1.807, 2.05) is 6.92 Å². The maximum atomic E-state index is 11.6. The van der Waals surface area contributed by atoms with E-state index >= 15 is 0 Å². The smallest absolute Gasteiger partial charge is 0.408 e. The van der Waals surface area contributed by atoms with Gasteiger partial charge in [-0.1, -0.05) is 0 Å². The van der Waals surface area contributed by atoms with Gasteiger partial charge in [0.2, 0.25) is 0 Å². The van der Waals surface area contributed by atoms with Crippen molar-refractivity contribution in [2.75, 3.05) is 19.8 Å². The molecule has 0 fully saturated rings. The number of rotatable bonds is 7. The number of Topliss-reactive ketones (excluding diaryl/α,β-unsaturated/α-hetero) is 1. The first kappa shape index (κ1) is 17.8.